The van der Waals surface area contributed by atoms with Gasteiger partial charge >= 0.3 is 0 Å². The number of nitrogens with two attached hydrogens (primary N) is 1. The van der Waals surface area contributed by atoms with E-state index in [1.165, 1.54) is 30.3 Å². The van der Waals surface area contributed by atoms with Crippen molar-refractivity contribution in [3.63, 3.8) is 0 Å². The Hall–Kier alpha value is -3.33. The molecule has 0 atom stereocenters. The zero-order valence-corrected chi connectivity index (χ0v) is 17.1. The Kier molecular flexibility index (Phi) is 5.22. The molecule has 1 aliphatic heterocycles. The number of imidazole rings is 1. The average molecular weight is 429 g/mol. The van der Waals surface area contributed by atoms with Gasteiger partial charge in [0.25, 0.3) is 0 Å². The third kappa shape index (κ3) is 3.54. The number of carbonyl (C=O) groups is 1. The van der Waals surface area contributed by atoms with Gasteiger partial charge in [-0.15, -0.1) is 0 Å². The summed E-state index contributed by atoms with van der Waals surface area (Å²) >= 11 is 0. The molecule has 0 fully saturated rings. The third-order valence-electron chi connectivity index (χ3n) is 5.52. The predicted molar refractivity (Wildman–Crippen MR) is 111 cm³/mol. The van der Waals surface area contributed by atoms with E-state index in [1.54, 1.807) is 9.47 Å². The van der Waals surface area contributed by atoms with Gasteiger partial charge in [0, 0.05) is 18.8 Å². The van der Waals surface area contributed by atoms with Crippen molar-refractivity contribution < 1.29 is 18.0 Å². The van der Waals surface area contributed by atoms with E-state index in [1.807, 2.05) is 13.8 Å². The van der Waals surface area contributed by atoms with Crippen molar-refractivity contribution in [1.82, 2.24) is 14.5 Å². The zero-order chi connectivity index (χ0) is 22.3. The third-order valence-corrected chi connectivity index (χ3v) is 5.52. The Morgan fingerprint density at radius 1 is 1.10 bits per heavy atom. The molecule has 1 aliphatic rings. The number of fused-ring (bicyclic) bond motifs is 1. The summed E-state index contributed by atoms with van der Waals surface area (Å²) in [5.41, 5.74) is 5.02. The summed E-state index contributed by atoms with van der Waals surface area (Å²) in [7, 11) is 0. The van der Waals surface area contributed by atoms with E-state index in [4.69, 9.17) is 5.73 Å². The molecule has 162 valence electrons. The molecular formula is C22H22F3N5O. The molecule has 1 aromatic heterocycles. The molecule has 0 saturated carbocycles. The lowest BCUT2D eigenvalue weighted by Gasteiger charge is -2.42. The van der Waals surface area contributed by atoms with Crippen LogP contribution in [0.15, 0.2) is 42.5 Å². The molecule has 0 aliphatic carbocycles. The van der Waals surface area contributed by atoms with Crippen LogP contribution in [0.1, 0.15) is 19.7 Å². The highest BCUT2D eigenvalue weighted by atomic mass is 19.1. The number of nitrogens with one attached hydrogen (secondary N) is 1. The van der Waals surface area contributed by atoms with Crippen molar-refractivity contribution in [2.45, 2.75) is 25.9 Å². The van der Waals surface area contributed by atoms with Crippen molar-refractivity contribution in [3.8, 4) is 11.3 Å². The topological polar surface area (TPSA) is 76.2 Å². The normalized spacial score (nSPS) is 15.0. The highest BCUT2D eigenvalue weighted by molar-refractivity contribution is 5.81. The lowest BCUT2D eigenvalue weighted by molar-refractivity contribution is -0.137. The number of aromatic nitrogens is 2. The first kappa shape index (κ1) is 20.9. The van der Waals surface area contributed by atoms with Crippen LogP contribution in [0.5, 0.6) is 0 Å². The van der Waals surface area contributed by atoms with Crippen LogP contribution in [0.3, 0.4) is 0 Å². The van der Waals surface area contributed by atoms with Crippen LogP contribution in [0.4, 0.5) is 24.7 Å². The first-order valence-corrected chi connectivity index (χ1v) is 9.82. The molecule has 2 aromatic carbocycles. The SMILES string of the molecule is CC1(C)c2nc(-c3c(F)cccc3F)c(Nc3ccc(F)cc3)n2CCN1C(=O)CN. The van der Waals surface area contributed by atoms with Crippen LogP contribution >= 0.6 is 0 Å². The number of carbonyl (C=O) groups excluding carboxylic acids is 1. The summed E-state index contributed by atoms with van der Waals surface area (Å²) in [4.78, 5) is 18.6. The van der Waals surface area contributed by atoms with Crippen molar-refractivity contribution in [2.24, 2.45) is 5.73 Å². The number of nitrogens with zero attached hydrogens (tertiary/aromatic N) is 3. The van der Waals surface area contributed by atoms with E-state index in [9.17, 15) is 18.0 Å². The summed E-state index contributed by atoms with van der Waals surface area (Å²) in [6.07, 6.45) is 0. The van der Waals surface area contributed by atoms with Crippen molar-refractivity contribution in [1.29, 1.82) is 0 Å². The summed E-state index contributed by atoms with van der Waals surface area (Å²) in [6.45, 7) is 4.16. The molecule has 1 amide bonds. The van der Waals surface area contributed by atoms with Gasteiger partial charge in [-0.05, 0) is 50.2 Å². The lowest BCUT2D eigenvalue weighted by Crippen LogP contribution is -2.53. The van der Waals surface area contributed by atoms with Crippen molar-refractivity contribution >= 4 is 17.4 Å². The fraction of sp³-hybridized carbons (Fsp3) is 0.273. The van der Waals surface area contributed by atoms with E-state index < -0.39 is 23.0 Å². The fourth-order valence-corrected chi connectivity index (χ4v) is 3.98. The van der Waals surface area contributed by atoms with Crippen molar-refractivity contribution in [3.05, 3.63) is 65.7 Å². The second kappa shape index (κ2) is 7.73. The number of hydrogen-bond acceptors (Lipinski definition) is 4. The number of amides is 1. The van der Waals surface area contributed by atoms with Crippen LogP contribution in [0, 0.1) is 17.5 Å². The smallest absolute Gasteiger partial charge is 0.237 e. The standard InChI is InChI=1S/C22H22F3N5O/c1-22(2)21-28-19(18-15(24)4-3-5-16(18)25)20(27-14-8-6-13(23)7-9-14)29(21)10-11-30(22)17(31)12-26/h3-9,27H,10-12,26H2,1-2H3. The van der Waals surface area contributed by atoms with Crippen LogP contribution in [0.25, 0.3) is 11.3 Å². The summed E-state index contributed by atoms with van der Waals surface area (Å²) in [5, 5.41) is 3.13. The number of hydrogen-bond donors (Lipinski definition) is 2. The summed E-state index contributed by atoms with van der Waals surface area (Å²) in [5.74, 6) is -1.35. The first-order valence-electron chi connectivity index (χ1n) is 9.82. The van der Waals surface area contributed by atoms with Gasteiger partial charge in [0.05, 0.1) is 17.6 Å². The zero-order valence-electron chi connectivity index (χ0n) is 17.1. The molecule has 9 heteroatoms. The van der Waals surface area contributed by atoms with E-state index in [0.29, 0.717) is 30.4 Å². The van der Waals surface area contributed by atoms with Crippen LogP contribution in [-0.2, 0) is 16.9 Å². The monoisotopic (exact) mass is 429 g/mol. The second-order valence-electron chi connectivity index (χ2n) is 7.82. The molecule has 3 aromatic rings. The molecular weight excluding hydrogens is 407 g/mol. The summed E-state index contributed by atoms with van der Waals surface area (Å²) < 4.78 is 44.5. The number of halogens is 3. The Morgan fingerprint density at radius 2 is 1.74 bits per heavy atom. The lowest BCUT2D eigenvalue weighted by atomic mass is 9.99. The highest BCUT2D eigenvalue weighted by Crippen LogP contribution is 2.40. The van der Waals surface area contributed by atoms with E-state index in [2.05, 4.69) is 10.3 Å². The number of rotatable bonds is 4. The van der Waals surface area contributed by atoms with E-state index in [0.717, 1.165) is 12.1 Å². The Morgan fingerprint density at radius 3 is 2.35 bits per heavy atom. The molecule has 0 bridgehead atoms. The molecule has 31 heavy (non-hydrogen) atoms. The van der Waals surface area contributed by atoms with Crippen LogP contribution in [0.2, 0.25) is 0 Å². The predicted octanol–water partition coefficient (Wildman–Crippen LogP) is 3.75. The minimum atomic E-state index is -0.867. The van der Waals surface area contributed by atoms with Gasteiger partial charge in [0.15, 0.2) is 0 Å². The number of anilines is 2. The molecule has 0 saturated heterocycles. The molecule has 4 rings (SSSR count). The highest BCUT2D eigenvalue weighted by Gasteiger charge is 2.41. The van der Waals surface area contributed by atoms with E-state index >= 15 is 0 Å². The minimum Gasteiger partial charge on any atom is -0.340 e. The molecule has 3 N–H and O–H groups in total. The average Bonchev–Trinajstić information content (AvgIpc) is 3.08. The van der Waals surface area contributed by atoms with E-state index in [-0.39, 0.29) is 23.7 Å². The largest absolute Gasteiger partial charge is 0.340 e. The van der Waals surface area contributed by atoms with Crippen LogP contribution in [-0.4, -0.2) is 33.4 Å². The van der Waals surface area contributed by atoms with Gasteiger partial charge < -0.3 is 20.5 Å². The quantitative estimate of drug-likeness (QED) is 0.663. The van der Waals surface area contributed by atoms with Gasteiger partial charge in [-0.2, -0.15) is 0 Å². The molecule has 2 heterocycles. The Labute approximate surface area is 177 Å². The van der Waals surface area contributed by atoms with Gasteiger partial charge in [0.1, 0.15) is 34.8 Å². The molecule has 0 radical (unpaired) electrons. The Bertz CT molecular complexity index is 1120. The molecule has 6 nitrogen and oxygen atoms in total. The van der Waals surface area contributed by atoms with Gasteiger partial charge in [0.2, 0.25) is 5.91 Å². The maximum absolute atomic E-state index is 14.7. The number of benzene rings is 2. The molecule has 0 unspecified atom stereocenters. The van der Waals surface area contributed by atoms with Crippen molar-refractivity contribution in [2.75, 3.05) is 18.4 Å². The molecule has 0 spiro atoms. The fourth-order valence-electron chi connectivity index (χ4n) is 3.98. The van der Waals surface area contributed by atoms with Gasteiger partial charge in [-0.3, -0.25) is 4.79 Å². The Balaban J connectivity index is 1.92. The van der Waals surface area contributed by atoms with Gasteiger partial charge in [-0.1, -0.05) is 6.07 Å². The van der Waals surface area contributed by atoms with Gasteiger partial charge in [-0.25, -0.2) is 18.2 Å². The van der Waals surface area contributed by atoms with Crippen LogP contribution < -0.4 is 11.1 Å². The minimum absolute atomic E-state index is 0.0741. The maximum atomic E-state index is 14.7. The maximum Gasteiger partial charge on any atom is 0.237 e. The second-order valence-corrected chi connectivity index (χ2v) is 7.82. The summed E-state index contributed by atoms with van der Waals surface area (Å²) in [6, 6.07) is 9.21. The first-order chi connectivity index (χ1) is 14.7.